The average Bonchev–Trinajstić information content (AvgIpc) is 2.80. The number of piperazine rings is 1. The largest absolute Gasteiger partial charge is 0.497 e. The van der Waals surface area contributed by atoms with E-state index in [-0.39, 0.29) is 5.95 Å². The molecule has 3 N–H and O–H groups in total. The van der Waals surface area contributed by atoms with Crippen LogP contribution in [0.25, 0.3) is 0 Å². The van der Waals surface area contributed by atoms with Gasteiger partial charge in [-0.25, -0.2) is 0 Å². The van der Waals surface area contributed by atoms with Crippen molar-refractivity contribution in [2.75, 3.05) is 56.3 Å². The normalized spacial score (nSPS) is 14.3. The molecule has 9 heteroatoms. The highest BCUT2D eigenvalue weighted by atomic mass is 16.5. The van der Waals surface area contributed by atoms with Gasteiger partial charge in [0.2, 0.25) is 11.9 Å². The zero-order chi connectivity index (χ0) is 21.6. The number of nitrogens with one attached hydrogen (secondary N) is 1. The van der Waals surface area contributed by atoms with Crippen molar-refractivity contribution < 1.29 is 9.47 Å². The van der Waals surface area contributed by atoms with Crippen LogP contribution in [0.3, 0.4) is 0 Å². The molecule has 0 spiro atoms. The van der Waals surface area contributed by atoms with E-state index in [0.29, 0.717) is 18.3 Å². The van der Waals surface area contributed by atoms with Gasteiger partial charge in [-0.05, 0) is 48.5 Å². The predicted molar refractivity (Wildman–Crippen MR) is 121 cm³/mol. The maximum atomic E-state index is 5.93. The lowest BCUT2D eigenvalue weighted by Gasteiger charge is -2.35. The molecule has 31 heavy (non-hydrogen) atoms. The lowest BCUT2D eigenvalue weighted by atomic mass is 10.2. The van der Waals surface area contributed by atoms with Gasteiger partial charge in [0.1, 0.15) is 17.3 Å². The average molecular weight is 422 g/mol. The molecule has 1 aliphatic heterocycles. The number of benzene rings is 2. The molecular formula is C22H27N7O2. The van der Waals surface area contributed by atoms with Crippen LogP contribution in [0.1, 0.15) is 5.82 Å². The third kappa shape index (κ3) is 5.32. The minimum Gasteiger partial charge on any atom is -0.497 e. The first kappa shape index (κ1) is 20.7. The summed E-state index contributed by atoms with van der Waals surface area (Å²) >= 11 is 0. The monoisotopic (exact) mass is 421 g/mol. The Balaban J connectivity index is 1.35. The van der Waals surface area contributed by atoms with E-state index in [1.165, 1.54) is 5.69 Å². The van der Waals surface area contributed by atoms with Crippen molar-refractivity contribution in [2.45, 2.75) is 6.54 Å². The number of aromatic nitrogens is 3. The van der Waals surface area contributed by atoms with Crippen molar-refractivity contribution in [1.29, 1.82) is 0 Å². The van der Waals surface area contributed by atoms with Crippen LogP contribution in [-0.4, -0.2) is 60.3 Å². The Morgan fingerprint density at radius 1 is 0.839 bits per heavy atom. The summed E-state index contributed by atoms with van der Waals surface area (Å²) in [5, 5.41) is 3.18. The number of rotatable bonds is 7. The first-order chi connectivity index (χ1) is 15.1. The number of methoxy groups -OCH3 is 2. The molecule has 0 saturated carbocycles. The molecule has 0 radical (unpaired) electrons. The van der Waals surface area contributed by atoms with Crippen LogP contribution in [0.15, 0.2) is 48.5 Å². The Morgan fingerprint density at radius 3 is 2.06 bits per heavy atom. The zero-order valence-electron chi connectivity index (χ0n) is 17.8. The Morgan fingerprint density at radius 2 is 1.45 bits per heavy atom. The smallest absolute Gasteiger partial charge is 0.232 e. The molecule has 0 unspecified atom stereocenters. The van der Waals surface area contributed by atoms with Crippen LogP contribution in [0.5, 0.6) is 11.5 Å². The molecule has 0 amide bonds. The molecule has 162 valence electrons. The molecule has 0 bridgehead atoms. The van der Waals surface area contributed by atoms with E-state index in [9.17, 15) is 0 Å². The molecule has 4 rings (SSSR count). The molecule has 1 aromatic heterocycles. The van der Waals surface area contributed by atoms with Crippen LogP contribution in [0.2, 0.25) is 0 Å². The maximum Gasteiger partial charge on any atom is 0.232 e. The van der Waals surface area contributed by atoms with Crippen molar-refractivity contribution >= 4 is 23.3 Å². The third-order valence-corrected chi connectivity index (χ3v) is 5.22. The van der Waals surface area contributed by atoms with Crippen molar-refractivity contribution in [3.8, 4) is 11.5 Å². The second kappa shape index (κ2) is 9.48. The fourth-order valence-corrected chi connectivity index (χ4v) is 3.53. The van der Waals surface area contributed by atoms with E-state index in [2.05, 4.69) is 42.2 Å². The summed E-state index contributed by atoms with van der Waals surface area (Å²) in [6, 6.07) is 15.7. The quantitative estimate of drug-likeness (QED) is 0.596. The summed E-state index contributed by atoms with van der Waals surface area (Å²) in [5.74, 6) is 2.95. The second-order valence-electron chi connectivity index (χ2n) is 7.25. The molecule has 2 aromatic carbocycles. The molecule has 0 aliphatic carbocycles. The van der Waals surface area contributed by atoms with Gasteiger partial charge in [0.25, 0.3) is 0 Å². The lowest BCUT2D eigenvalue weighted by Crippen LogP contribution is -2.46. The minimum absolute atomic E-state index is 0.206. The fraction of sp³-hybridized carbons (Fsp3) is 0.318. The summed E-state index contributed by atoms with van der Waals surface area (Å²) in [7, 11) is 3.32. The number of hydrogen-bond acceptors (Lipinski definition) is 9. The van der Waals surface area contributed by atoms with Gasteiger partial charge in [-0.2, -0.15) is 15.0 Å². The first-order valence-electron chi connectivity index (χ1n) is 10.2. The molecule has 1 fully saturated rings. The van der Waals surface area contributed by atoms with Gasteiger partial charge in [-0.1, -0.05) is 0 Å². The van der Waals surface area contributed by atoms with Crippen LogP contribution in [0, 0.1) is 0 Å². The van der Waals surface area contributed by atoms with Crippen LogP contribution in [0.4, 0.5) is 23.3 Å². The molecule has 2 heterocycles. The standard InChI is InChI=1S/C22H27N7O2/c1-30-18-7-3-16(4-8-18)24-22-26-20(25-21(23)27-22)15-28-11-13-29(14-12-28)17-5-9-19(31-2)10-6-17/h3-10H,11-15H2,1-2H3,(H3,23,24,25,26,27). The topological polar surface area (TPSA) is 102 Å². The van der Waals surface area contributed by atoms with Gasteiger partial charge in [0.05, 0.1) is 20.8 Å². The molecule has 1 aliphatic rings. The lowest BCUT2D eigenvalue weighted by molar-refractivity contribution is 0.244. The highest BCUT2D eigenvalue weighted by molar-refractivity contribution is 5.55. The summed E-state index contributed by atoms with van der Waals surface area (Å²) < 4.78 is 10.4. The number of nitrogens with two attached hydrogens (primary N) is 1. The number of hydrogen-bond donors (Lipinski definition) is 2. The molecular weight excluding hydrogens is 394 g/mol. The first-order valence-corrected chi connectivity index (χ1v) is 10.2. The van der Waals surface area contributed by atoms with E-state index in [1.807, 2.05) is 36.4 Å². The number of anilines is 4. The van der Waals surface area contributed by atoms with Gasteiger partial charge < -0.3 is 25.4 Å². The Labute approximate surface area is 181 Å². The Bertz CT molecular complexity index is 988. The van der Waals surface area contributed by atoms with E-state index in [0.717, 1.165) is 43.4 Å². The van der Waals surface area contributed by atoms with Crippen molar-refractivity contribution in [1.82, 2.24) is 19.9 Å². The highest BCUT2D eigenvalue weighted by Gasteiger charge is 2.19. The Hall–Kier alpha value is -3.59. The van der Waals surface area contributed by atoms with Gasteiger partial charge in [0.15, 0.2) is 0 Å². The van der Waals surface area contributed by atoms with Gasteiger partial charge in [-0.3, -0.25) is 4.90 Å². The summed E-state index contributed by atoms with van der Waals surface area (Å²) in [6.07, 6.45) is 0. The van der Waals surface area contributed by atoms with E-state index in [1.54, 1.807) is 14.2 Å². The summed E-state index contributed by atoms with van der Waals surface area (Å²) in [5.41, 5.74) is 7.98. The molecule has 9 nitrogen and oxygen atoms in total. The second-order valence-corrected chi connectivity index (χ2v) is 7.25. The van der Waals surface area contributed by atoms with E-state index < -0.39 is 0 Å². The molecule has 0 atom stereocenters. The fourth-order valence-electron chi connectivity index (χ4n) is 3.53. The number of nitrogen functional groups attached to an aromatic ring is 1. The van der Waals surface area contributed by atoms with E-state index in [4.69, 9.17) is 15.2 Å². The van der Waals surface area contributed by atoms with Crippen LogP contribution < -0.4 is 25.4 Å². The molecule has 1 saturated heterocycles. The van der Waals surface area contributed by atoms with Crippen LogP contribution >= 0.6 is 0 Å². The summed E-state index contributed by atoms with van der Waals surface area (Å²) in [6.45, 7) is 4.33. The van der Waals surface area contributed by atoms with Gasteiger partial charge in [-0.15, -0.1) is 0 Å². The SMILES string of the molecule is COc1ccc(Nc2nc(N)nc(CN3CCN(c4ccc(OC)cc4)CC3)n2)cc1. The predicted octanol–water partition coefficient (Wildman–Crippen LogP) is 2.54. The number of nitrogens with zero attached hydrogens (tertiary/aromatic N) is 5. The minimum atomic E-state index is 0.206. The number of ether oxygens (including phenoxy) is 2. The van der Waals surface area contributed by atoms with Gasteiger partial charge in [0, 0.05) is 37.6 Å². The Kier molecular flexibility index (Phi) is 6.32. The third-order valence-electron chi connectivity index (χ3n) is 5.22. The van der Waals surface area contributed by atoms with Crippen LogP contribution in [-0.2, 0) is 6.54 Å². The maximum absolute atomic E-state index is 5.93. The van der Waals surface area contributed by atoms with Crippen molar-refractivity contribution in [3.63, 3.8) is 0 Å². The van der Waals surface area contributed by atoms with Crippen molar-refractivity contribution in [2.24, 2.45) is 0 Å². The van der Waals surface area contributed by atoms with Gasteiger partial charge >= 0.3 is 0 Å². The molecule has 3 aromatic rings. The van der Waals surface area contributed by atoms with E-state index >= 15 is 0 Å². The van der Waals surface area contributed by atoms with Crippen molar-refractivity contribution in [3.05, 3.63) is 54.4 Å². The highest BCUT2D eigenvalue weighted by Crippen LogP contribution is 2.21. The summed E-state index contributed by atoms with van der Waals surface area (Å²) in [4.78, 5) is 17.8. The zero-order valence-corrected chi connectivity index (χ0v) is 17.8.